The number of hydrogen-bond donors (Lipinski definition) is 0. The smallest absolute Gasteiger partial charge is 0.242 e. The average Bonchev–Trinajstić information content (AvgIpc) is 2.45. The highest BCUT2D eigenvalue weighted by Gasteiger charge is 2.17. The van der Waals surface area contributed by atoms with E-state index in [1.54, 1.807) is 6.92 Å². The number of rotatable bonds is 5. The van der Waals surface area contributed by atoms with E-state index in [4.69, 9.17) is 16.3 Å². The van der Waals surface area contributed by atoms with Crippen molar-refractivity contribution in [2.45, 2.75) is 27.2 Å². The first-order chi connectivity index (χ1) is 10.4. The Kier molecular flexibility index (Phi) is 5.29. The lowest BCUT2D eigenvalue weighted by molar-refractivity contribution is 0.326. The first-order valence-electron chi connectivity index (χ1n) is 7.07. The van der Waals surface area contributed by atoms with Gasteiger partial charge in [0.1, 0.15) is 5.69 Å². The van der Waals surface area contributed by atoms with Crippen LogP contribution < -0.4 is 4.74 Å². The van der Waals surface area contributed by atoms with Gasteiger partial charge in [0, 0.05) is 5.56 Å². The summed E-state index contributed by atoms with van der Waals surface area (Å²) in [5, 5.41) is 0.267. The van der Waals surface area contributed by atoms with Gasteiger partial charge in [0.25, 0.3) is 0 Å². The summed E-state index contributed by atoms with van der Waals surface area (Å²) in [7, 11) is 0. The van der Waals surface area contributed by atoms with Gasteiger partial charge >= 0.3 is 0 Å². The Morgan fingerprint density at radius 2 is 1.91 bits per heavy atom. The van der Waals surface area contributed by atoms with Crippen LogP contribution in [-0.4, -0.2) is 16.6 Å². The zero-order chi connectivity index (χ0) is 16.3. The van der Waals surface area contributed by atoms with Crippen LogP contribution in [0.25, 0.3) is 11.3 Å². The van der Waals surface area contributed by atoms with Crippen molar-refractivity contribution in [2.24, 2.45) is 5.92 Å². The van der Waals surface area contributed by atoms with Gasteiger partial charge in [0.2, 0.25) is 5.88 Å². The summed E-state index contributed by atoms with van der Waals surface area (Å²) in [6.07, 6.45) is 0.634. The maximum Gasteiger partial charge on any atom is 0.242 e. The van der Waals surface area contributed by atoms with Gasteiger partial charge < -0.3 is 4.74 Å². The lowest BCUT2D eigenvalue weighted by Gasteiger charge is -2.13. The quantitative estimate of drug-likeness (QED) is 0.800. The second-order valence-electron chi connectivity index (χ2n) is 5.27. The van der Waals surface area contributed by atoms with Gasteiger partial charge in [-0.1, -0.05) is 25.4 Å². The summed E-state index contributed by atoms with van der Waals surface area (Å²) in [6.45, 7) is 6.23. The lowest BCUT2D eigenvalue weighted by Crippen LogP contribution is -2.06. The molecule has 0 saturated heterocycles. The third kappa shape index (κ3) is 3.71. The van der Waals surface area contributed by atoms with E-state index >= 15 is 0 Å². The predicted octanol–water partition coefficient (Wildman–Crippen LogP) is 4.67. The lowest BCUT2D eigenvalue weighted by atomic mass is 10.1. The maximum atomic E-state index is 13.5. The third-order valence-electron chi connectivity index (χ3n) is 2.96. The molecule has 118 valence electrons. The van der Waals surface area contributed by atoms with E-state index in [9.17, 15) is 8.78 Å². The summed E-state index contributed by atoms with van der Waals surface area (Å²) in [6, 6.07) is 3.58. The molecule has 0 spiro atoms. The minimum absolute atomic E-state index is 0.214. The molecule has 0 atom stereocenters. The Balaban J connectivity index is 2.56. The van der Waals surface area contributed by atoms with Gasteiger partial charge in [-0.05, 0) is 37.5 Å². The molecule has 0 fully saturated rings. The Morgan fingerprint density at radius 3 is 2.50 bits per heavy atom. The molecule has 0 unspecified atom stereocenters. The zero-order valence-corrected chi connectivity index (χ0v) is 13.4. The Morgan fingerprint density at radius 1 is 1.18 bits per heavy atom. The maximum absolute atomic E-state index is 13.5. The number of ether oxygens (including phenoxy) is 1. The molecule has 1 heterocycles. The zero-order valence-electron chi connectivity index (χ0n) is 12.7. The van der Waals surface area contributed by atoms with E-state index in [2.05, 4.69) is 9.97 Å². The topological polar surface area (TPSA) is 35.0 Å². The molecule has 0 amide bonds. The monoisotopic (exact) mass is 326 g/mol. The van der Waals surface area contributed by atoms with Crippen molar-refractivity contribution in [1.82, 2.24) is 9.97 Å². The molecule has 6 heteroatoms. The molecular formula is C16H17ClF2N2O. The van der Waals surface area contributed by atoms with E-state index in [1.165, 1.54) is 6.07 Å². The summed E-state index contributed by atoms with van der Waals surface area (Å²) >= 11 is 6.14. The highest BCUT2D eigenvalue weighted by molar-refractivity contribution is 6.30. The van der Waals surface area contributed by atoms with E-state index in [1.807, 2.05) is 13.8 Å². The molecule has 3 nitrogen and oxygen atoms in total. The highest BCUT2D eigenvalue weighted by atomic mass is 35.5. The molecule has 0 bridgehead atoms. The van der Waals surface area contributed by atoms with Crippen molar-refractivity contribution in [2.75, 3.05) is 6.61 Å². The van der Waals surface area contributed by atoms with Crippen LogP contribution in [0.5, 0.6) is 5.88 Å². The van der Waals surface area contributed by atoms with E-state index < -0.39 is 11.6 Å². The Hall–Kier alpha value is -1.75. The fourth-order valence-corrected chi connectivity index (χ4v) is 2.22. The van der Waals surface area contributed by atoms with Crippen LogP contribution in [0.3, 0.4) is 0 Å². The standard InChI is InChI=1S/C16H17ClF2N2O/c1-4-22-16-14(10-5-6-11(18)12(19)8-10)20-13(7-9(2)3)15(17)21-16/h5-6,8-9H,4,7H2,1-3H3. The van der Waals surface area contributed by atoms with Gasteiger partial charge in [-0.2, -0.15) is 4.98 Å². The molecule has 0 aliphatic rings. The van der Waals surface area contributed by atoms with Crippen molar-refractivity contribution in [1.29, 1.82) is 0 Å². The molecule has 2 aromatic rings. The second-order valence-corrected chi connectivity index (χ2v) is 5.63. The van der Waals surface area contributed by atoms with Crippen molar-refractivity contribution in [3.8, 4) is 17.1 Å². The fourth-order valence-electron chi connectivity index (χ4n) is 2.02. The SMILES string of the molecule is CCOc1nc(Cl)c(CC(C)C)nc1-c1ccc(F)c(F)c1. The van der Waals surface area contributed by atoms with Gasteiger partial charge in [-0.3, -0.25) is 0 Å². The highest BCUT2D eigenvalue weighted by Crippen LogP contribution is 2.31. The minimum atomic E-state index is -0.942. The molecule has 0 aliphatic heterocycles. The number of nitrogens with zero attached hydrogens (tertiary/aromatic N) is 2. The van der Waals surface area contributed by atoms with Crippen LogP contribution in [-0.2, 0) is 6.42 Å². The molecule has 0 N–H and O–H groups in total. The van der Waals surface area contributed by atoms with Crippen LogP contribution in [0.2, 0.25) is 5.15 Å². The summed E-state index contributed by atoms with van der Waals surface area (Å²) < 4.78 is 32.0. The van der Waals surface area contributed by atoms with Crippen LogP contribution >= 0.6 is 11.6 Å². The molecule has 1 aromatic carbocycles. The third-order valence-corrected chi connectivity index (χ3v) is 3.27. The van der Waals surface area contributed by atoms with Crippen molar-refractivity contribution in [3.63, 3.8) is 0 Å². The molecule has 2 rings (SSSR count). The Bertz CT molecular complexity index is 677. The first kappa shape index (κ1) is 16.6. The van der Waals surface area contributed by atoms with Gasteiger partial charge in [-0.25, -0.2) is 13.8 Å². The van der Waals surface area contributed by atoms with Crippen molar-refractivity contribution in [3.05, 3.63) is 40.7 Å². The van der Waals surface area contributed by atoms with Gasteiger partial charge in [-0.15, -0.1) is 0 Å². The van der Waals surface area contributed by atoms with Gasteiger partial charge in [0.15, 0.2) is 16.8 Å². The average molecular weight is 327 g/mol. The minimum Gasteiger partial charge on any atom is -0.476 e. The van der Waals surface area contributed by atoms with Crippen molar-refractivity contribution < 1.29 is 13.5 Å². The normalized spacial score (nSPS) is 11.0. The van der Waals surface area contributed by atoms with Crippen molar-refractivity contribution >= 4 is 11.6 Å². The van der Waals surface area contributed by atoms with Crippen LogP contribution in [0, 0.1) is 17.6 Å². The molecule has 0 saturated carbocycles. The first-order valence-corrected chi connectivity index (χ1v) is 7.44. The number of aromatic nitrogens is 2. The molecule has 22 heavy (non-hydrogen) atoms. The molecular weight excluding hydrogens is 310 g/mol. The van der Waals surface area contributed by atoms with Crippen LogP contribution in [0.4, 0.5) is 8.78 Å². The number of hydrogen-bond acceptors (Lipinski definition) is 3. The summed E-state index contributed by atoms with van der Waals surface area (Å²) in [4.78, 5) is 8.67. The molecule has 0 aliphatic carbocycles. The Labute approximate surface area is 133 Å². The number of benzene rings is 1. The second kappa shape index (κ2) is 7.01. The van der Waals surface area contributed by atoms with Crippen LogP contribution in [0.1, 0.15) is 26.5 Å². The largest absolute Gasteiger partial charge is 0.476 e. The summed E-state index contributed by atoms with van der Waals surface area (Å²) in [5.74, 6) is -1.30. The predicted molar refractivity (Wildman–Crippen MR) is 82.1 cm³/mol. The number of halogens is 3. The van der Waals surface area contributed by atoms with Gasteiger partial charge in [0.05, 0.1) is 12.3 Å². The summed E-state index contributed by atoms with van der Waals surface area (Å²) in [5.41, 5.74) is 1.37. The van der Waals surface area contributed by atoms with E-state index in [-0.39, 0.29) is 11.0 Å². The van der Waals surface area contributed by atoms with Crippen LogP contribution in [0.15, 0.2) is 18.2 Å². The fraction of sp³-hybridized carbons (Fsp3) is 0.375. The molecule has 0 radical (unpaired) electrons. The van der Waals surface area contributed by atoms with E-state index in [0.29, 0.717) is 35.9 Å². The van der Waals surface area contributed by atoms with E-state index in [0.717, 1.165) is 12.1 Å². The molecule has 1 aromatic heterocycles.